The maximum Gasteiger partial charge on any atom is 0.131 e. The van der Waals surface area contributed by atoms with E-state index in [1.165, 1.54) is 24.3 Å². The first kappa shape index (κ1) is 13.7. The van der Waals surface area contributed by atoms with E-state index in [0.29, 0.717) is 11.3 Å². The molecule has 0 spiro atoms. The molecule has 19 heavy (non-hydrogen) atoms. The molecule has 0 aliphatic rings. The topological polar surface area (TPSA) is 12.0 Å². The van der Waals surface area contributed by atoms with Crippen LogP contribution < -0.4 is 5.32 Å². The van der Waals surface area contributed by atoms with Crippen LogP contribution in [0.2, 0.25) is 5.02 Å². The average Bonchev–Trinajstić information content (AvgIpc) is 2.32. The third-order valence-corrected chi connectivity index (χ3v) is 3.04. The van der Waals surface area contributed by atoms with Crippen LogP contribution in [-0.2, 0) is 0 Å². The zero-order chi connectivity index (χ0) is 14.0. The standard InChI is InChI=1S/C14H11ClF3N/c1-8(11-4-2-10(17)7-13(11)18)19-14-5-3-9(16)6-12(14)15/h2-8,19H,1H3. The predicted octanol–water partition coefficient (Wildman–Crippen LogP) is 4.93. The molecular formula is C14H11ClF3N. The van der Waals surface area contributed by atoms with Gasteiger partial charge in [-0.2, -0.15) is 0 Å². The molecule has 0 fully saturated rings. The van der Waals surface area contributed by atoms with Crippen molar-refractivity contribution in [2.45, 2.75) is 13.0 Å². The summed E-state index contributed by atoms with van der Waals surface area (Å²) in [6, 6.07) is 6.82. The number of rotatable bonds is 3. The quantitative estimate of drug-likeness (QED) is 0.843. The molecule has 2 aromatic rings. The van der Waals surface area contributed by atoms with E-state index in [1.807, 2.05) is 0 Å². The van der Waals surface area contributed by atoms with Gasteiger partial charge in [-0.3, -0.25) is 0 Å². The highest BCUT2D eigenvalue weighted by Crippen LogP contribution is 2.28. The maximum absolute atomic E-state index is 13.6. The van der Waals surface area contributed by atoms with Gasteiger partial charge in [0.2, 0.25) is 0 Å². The highest BCUT2D eigenvalue weighted by molar-refractivity contribution is 6.33. The van der Waals surface area contributed by atoms with Crippen molar-refractivity contribution in [1.29, 1.82) is 0 Å². The van der Waals surface area contributed by atoms with Crippen LogP contribution in [-0.4, -0.2) is 0 Å². The number of hydrogen-bond acceptors (Lipinski definition) is 1. The summed E-state index contributed by atoms with van der Waals surface area (Å²) in [7, 11) is 0. The van der Waals surface area contributed by atoms with Crippen LogP contribution in [0.15, 0.2) is 36.4 Å². The second-order valence-electron chi connectivity index (χ2n) is 4.16. The van der Waals surface area contributed by atoms with Gasteiger partial charge in [-0.15, -0.1) is 0 Å². The number of halogens is 4. The maximum atomic E-state index is 13.6. The van der Waals surface area contributed by atoms with E-state index in [2.05, 4.69) is 5.32 Å². The van der Waals surface area contributed by atoms with Crippen LogP contribution in [0.1, 0.15) is 18.5 Å². The Kier molecular flexibility index (Phi) is 4.00. The van der Waals surface area contributed by atoms with Crippen molar-refractivity contribution in [3.8, 4) is 0 Å². The largest absolute Gasteiger partial charge is 0.377 e. The Bertz CT molecular complexity index is 601. The van der Waals surface area contributed by atoms with Crippen molar-refractivity contribution < 1.29 is 13.2 Å². The Hall–Kier alpha value is -1.68. The van der Waals surface area contributed by atoms with Gasteiger partial charge in [-0.05, 0) is 31.2 Å². The van der Waals surface area contributed by atoms with Gasteiger partial charge in [0.05, 0.1) is 16.8 Å². The van der Waals surface area contributed by atoms with Crippen molar-refractivity contribution in [2.24, 2.45) is 0 Å². The van der Waals surface area contributed by atoms with Gasteiger partial charge in [0, 0.05) is 11.6 Å². The third kappa shape index (κ3) is 3.20. The van der Waals surface area contributed by atoms with Crippen molar-refractivity contribution in [3.05, 3.63) is 64.4 Å². The molecule has 0 saturated carbocycles. The molecule has 1 N–H and O–H groups in total. The van der Waals surface area contributed by atoms with E-state index >= 15 is 0 Å². The first-order valence-corrected chi connectivity index (χ1v) is 6.01. The van der Waals surface area contributed by atoms with E-state index in [0.717, 1.165) is 12.1 Å². The molecule has 0 aliphatic carbocycles. The lowest BCUT2D eigenvalue weighted by molar-refractivity contribution is 0.566. The Morgan fingerprint density at radius 3 is 2.26 bits per heavy atom. The van der Waals surface area contributed by atoms with Gasteiger partial charge in [0.15, 0.2) is 0 Å². The lowest BCUT2D eigenvalue weighted by Crippen LogP contribution is -2.09. The van der Waals surface area contributed by atoms with Gasteiger partial charge in [-0.25, -0.2) is 13.2 Å². The molecule has 100 valence electrons. The molecule has 2 aromatic carbocycles. The van der Waals surface area contributed by atoms with Crippen LogP contribution >= 0.6 is 11.6 Å². The van der Waals surface area contributed by atoms with Crippen LogP contribution in [0.25, 0.3) is 0 Å². The molecule has 0 heterocycles. The fourth-order valence-electron chi connectivity index (χ4n) is 1.77. The van der Waals surface area contributed by atoms with Crippen molar-refractivity contribution >= 4 is 17.3 Å². The van der Waals surface area contributed by atoms with E-state index in [4.69, 9.17) is 11.6 Å². The minimum Gasteiger partial charge on any atom is -0.377 e. The van der Waals surface area contributed by atoms with Crippen molar-refractivity contribution in [1.82, 2.24) is 0 Å². The second kappa shape index (κ2) is 5.53. The molecule has 1 nitrogen and oxygen atoms in total. The molecule has 2 rings (SSSR count). The molecule has 0 aromatic heterocycles. The summed E-state index contributed by atoms with van der Waals surface area (Å²) < 4.78 is 39.3. The lowest BCUT2D eigenvalue weighted by atomic mass is 10.1. The van der Waals surface area contributed by atoms with Crippen molar-refractivity contribution in [3.63, 3.8) is 0 Å². The first-order chi connectivity index (χ1) is 8.97. The Labute approximate surface area is 114 Å². The summed E-state index contributed by atoms with van der Waals surface area (Å²) in [4.78, 5) is 0. The Morgan fingerprint density at radius 1 is 1.00 bits per heavy atom. The number of benzene rings is 2. The van der Waals surface area contributed by atoms with Gasteiger partial charge in [0.1, 0.15) is 17.5 Å². The fourth-order valence-corrected chi connectivity index (χ4v) is 1.99. The summed E-state index contributed by atoms with van der Waals surface area (Å²) in [5.41, 5.74) is 0.793. The molecule has 0 amide bonds. The van der Waals surface area contributed by atoms with Gasteiger partial charge in [0.25, 0.3) is 0 Å². The molecule has 0 aliphatic heterocycles. The predicted molar refractivity (Wildman–Crippen MR) is 69.8 cm³/mol. The summed E-state index contributed by atoms with van der Waals surface area (Å²) >= 11 is 5.87. The Morgan fingerprint density at radius 2 is 1.63 bits per heavy atom. The molecule has 0 radical (unpaired) electrons. The number of nitrogens with one attached hydrogen (secondary N) is 1. The Balaban J connectivity index is 2.23. The molecular weight excluding hydrogens is 275 g/mol. The zero-order valence-corrected chi connectivity index (χ0v) is 10.8. The van der Waals surface area contributed by atoms with E-state index < -0.39 is 23.5 Å². The van der Waals surface area contributed by atoms with E-state index in [1.54, 1.807) is 6.92 Å². The number of anilines is 1. The number of hydrogen-bond donors (Lipinski definition) is 1. The minimum absolute atomic E-state index is 0.203. The smallest absolute Gasteiger partial charge is 0.131 e. The molecule has 1 atom stereocenters. The lowest BCUT2D eigenvalue weighted by Gasteiger charge is -2.17. The van der Waals surface area contributed by atoms with E-state index in [-0.39, 0.29) is 5.02 Å². The van der Waals surface area contributed by atoms with Crippen LogP contribution in [0.3, 0.4) is 0 Å². The highest BCUT2D eigenvalue weighted by Gasteiger charge is 2.13. The first-order valence-electron chi connectivity index (χ1n) is 5.64. The van der Waals surface area contributed by atoms with Crippen LogP contribution in [0.4, 0.5) is 18.9 Å². The zero-order valence-electron chi connectivity index (χ0n) is 10.1. The third-order valence-electron chi connectivity index (χ3n) is 2.73. The summed E-state index contributed by atoms with van der Waals surface area (Å²) in [5, 5.41) is 3.16. The SMILES string of the molecule is CC(Nc1ccc(F)cc1Cl)c1ccc(F)cc1F. The second-order valence-corrected chi connectivity index (χ2v) is 4.56. The molecule has 1 unspecified atom stereocenters. The normalized spacial score (nSPS) is 12.3. The monoisotopic (exact) mass is 285 g/mol. The molecule has 0 saturated heterocycles. The van der Waals surface area contributed by atoms with Crippen LogP contribution in [0, 0.1) is 17.5 Å². The molecule has 5 heteroatoms. The van der Waals surface area contributed by atoms with Gasteiger partial charge in [-0.1, -0.05) is 17.7 Å². The summed E-state index contributed by atoms with van der Waals surface area (Å²) in [5.74, 6) is -1.72. The average molecular weight is 286 g/mol. The minimum atomic E-state index is -0.641. The van der Waals surface area contributed by atoms with Gasteiger partial charge >= 0.3 is 0 Å². The highest BCUT2D eigenvalue weighted by atomic mass is 35.5. The fraction of sp³-hybridized carbons (Fsp3) is 0.143. The van der Waals surface area contributed by atoms with Gasteiger partial charge < -0.3 is 5.32 Å². The summed E-state index contributed by atoms with van der Waals surface area (Å²) in [6.07, 6.45) is 0. The van der Waals surface area contributed by atoms with E-state index in [9.17, 15) is 13.2 Å². The van der Waals surface area contributed by atoms with Crippen LogP contribution in [0.5, 0.6) is 0 Å². The molecule has 0 bridgehead atoms. The summed E-state index contributed by atoms with van der Waals surface area (Å²) in [6.45, 7) is 1.70. The van der Waals surface area contributed by atoms with Crippen molar-refractivity contribution in [2.75, 3.05) is 5.32 Å².